The number of carbonyl (C=O) groups is 1. The van der Waals surface area contributed by atoms with Crippen LogP contribution in [0.5, 0.6) is 0 Å². The molecule has 0 unspecified atom stereocenters. The Bertz CT molecular complexity index is 1200. The van der Waals surface area contributed by atoms with Crippen molar-refractivity contribution in [3.8, 4) is 0 Å². The maximum Gasteiger partial charge on any atom is 0.258 e. The molecule has 0 spiro atoms. The van der Waals surface area contributed by atoms with E-state index in [1.54, 1.807) is 12.3 Å². The molecule has 30 heavy (non-hydrogen) atoms. The van der Waals surface area contributed by atoms with Gasteiger partial charge >= 0.3 is 0 Å². The van der Waals surface area contributed by atoms with Crippen molar-refractivity contribution in [3.05, 3.63) is 39.4 Å². The van der Waals surface area contributed by atoms with Crippen LogP contribution in [0.1, 0.15) is 23.7 Å². The van der Waals surface area contributed by atoms with Gasteiger partial charge in [0.15, 0.2) is 5.82 Å². The van der Waals surface area contributed by atoms with Crippen LogP contribution in [0, 0.1) is 0 Å². The highest BCUT2D eigenvalue weighted by molar-refractivity contribution is 7.92. The average molecular weight is 490 g/mol. The van der Waals surface area contributed by atoms with Crippen LogP contribution in [-0.2, 0) is 14.9 Å². The van der Waals surface area contributed by atoms with Gasteiger partial charge in [0.05, 0.1) is 50.1 Å². The Kier molecular flexibility index (Phi) is 6.98. The van der Waals surface area contributed by atoms with E-state index < -0.39 is 15.9 Å². The number of carbonyl (C=O) groups excluding carboxylic acids is 1. The molecule has 1 aromatic carbocycles. The second-order valence-electron chi connectivity index (χ2n) is 6.01. The molecule has 0 saturated heterocycles. The van der Waals surface area contributed by atoms with Gasteiger partial charge in [0.1, 0.15) is 6.33 Å². The van der Waals surface area contributed by atoms with Crippen molar-refractivity contribution in [3.63, 3.8) is 0 Å². The van der Waals surface area contributed by atoms with Crippen molar-refractivity contribution < 1.29 is 18.0 Å². The summed E-state index contributed by atoms with van der Waals surface area (Å²) in [5, 5.41) is 4.39. The van der Waals surface area contributed by atoms with Crippen LogP contribution in [0.25, 0.3) is 10.2 Å². The number of halogens is 2. The molecule has 0 aliphatic rings. The van der Waals surface area contributed by atoms with Crippen LogP contribution >= 0.6 is 34.5 Å². The molecular formula is C17H17Cl2N5O4S2. The molecule has 0 atom stereocenters. The van der Waals surface area contributed by atoms with Crippen LogP contribution in [0.15, 0.2) is 23.8 Å². The summed E-state index contributed by atoms with van der Waals surface area (Å²) in [6.07, 6.45) is 1.74. The molecule has 3 N–H and O–H groups in total. The predicted molar refractivity (Wildman–Crippen MR) is 120 cm³/mol. The number of thiophene rings is 1. The fourth-order valence-electron chi connectivity index (χ4n) is 2.60. The van der Waals surface area contributed by atoms with Crippen molar-refractivity contribution in [2.45, 2.75) is 13.3 Å². The minimum absolute atomic E-state index is 0.0218. The smallest absolute Gasteiger partial charge is 0.258 e. The Morgan fingerprint density at radius 1 is 1.27 bits per heavy atom. The largest absolute Gasteiger partial charge is 0.319 e. The first-order valence-electron chi connectivity index (χ1n) is 8.58. The highest BCUT2D eigenvalue weighted by Crippen LogP contribution is 2.38. The van der Waals surface area contributed by atoms with E-state index in [9.17, 15) is 13.2 Å². The van der Waals surface area contributed by atoms with Gasteiger partial charge in [-0.2, -0.15) is 0 Å². The number of hydrogen-bond acceptors (Lipinski definition) is 8. The Morgan fingerprint density at radius 3 is 2.73 bits per heavy atom. The van der Waals surface area contributed by atoms with Crippen molar-refractivity contribution in [2.24, 2.45) is 0 Å². The monoisotopic (exact) mass is 489 g/mol. The van der Waals surface area contributed by atoms with E-state index in [1.807, 2.05) is 0 Å². The standard InChI is InChI=1S/C17H17Cl2N5O4S2/c1-3-6-30(26,27)24-11-5-4-10(18)14(12(11)19)22-17(25)9-7-29-15-13(9)20-8-21-16(15)23-28-2/h4-5,7-8,24H,3,6H2,1-2H3,(H,22,25)(H,20,21,23). The summed E-state index contributed by atoms with van der Waals surface area (Å²) in [5.74, 6) is -0.151. The second kappa shape index (κ2) is 9.31. The summed E-state index contributed by atoms with van der Waals surface area (Å²) >= 11 is 13.8. The molecular weight excluding hydrogens is 473 g/mol. The number of hydrogen-bond donors (Lipinski definition) is 3. The number of fused-ring (bicyclic) bond motifs is 1. The summed E-state index contributed by atoms with van der Waals surface area (Å²) in [7, 11) is -2.13. The van der Waals surface area contributed by atoms with Gasteiger partial charge in [-0.25, -0.2) is 23.9 Å². The van der Waals surface area contributed by atoms with Crippen molar-refractivity contribution in [1.29, 1.82) is 0 Å². The molecule has 0 aliphatic heterocycles. The van der Waals surface area contributed by atoms with E-state index in [4.69, 9.17) is 28.0 Å². The molecule has 0 aliphatic carbocycles. The summed E-state index contributed by atoms with van der Waals surface area (Å²) in [6, 6.07) is 2.88. The maximum absolute atomic E-state index is 12.9. The normalized spacial score (nSPS) is 11.5. The van der Waals surface area contributed by atoms with Gasteiger partial charge in [0.25, 0.3) is 5.91 Å². The van der Waals surface area contributed by atoms with Crippen LogP contribution in [0.2, 0.25) is 10.0 Å². The highest BCUT2D eigenvalue weighted by atomic mass is 35.5. The Hall–Kier alpha value is -2.18. The fourth-order valence-corrected chi connectivity index (χ4v) is 5.24. The van der Waals surface area contributed by atoms with Crippen LogP contribution in [0.4, 0.5) is 17.2 Å². The summed E-state index contributed by atoms with van der Waals surface area (Å²) < 4.78 is 27.2. The minimum atomic E-state index is -3.57. The molecule has 2 aromatic heterocycles. The zero-order valence-electron chi connectivity index (χ0n) is 15.8. The Balaban J connectivity index is 1.93. The summed E-state index contributed by atoms with van der Waals surface area (Å²) in [4.78, 5) is 26.0. The lowest BCUT2D eigenvalue weighted by Gasteiger charge is -2.14. The number of sulfonamides is 1. The molecule has 13 heteroatoms. The molecule has 0 saturated carbocycles. The first-order chi connectivity index (χ1) is 14.3. The van der Waals surface area contributed by atoms with Gasteiger partial charge in [-0.05, 0) is 18.6 Å². The molecule has 0 bridgehead atoms. The topological polar surface area (TPSA) is 122 Å². The van der Waals surface area contributed by atoms with E-state index >= 15 is 0 Å². The summed E-state index contributed by atoms with van der Waals surface area (Å²) in [6.45, 7) is 1.75. The lowest BCUT2D eigenvalue weighted by Crippen LogP contribution is -2.17. The third-order valence-corrected chi connectivity index (χ3v) is 7.03. The van der Waals surface area contributed by atoms with Gasteiger partial charge in [-0.3, -0.25) is 14.4 Å². The first-order valence-corrected chi connectivity index (χ1v) is 11.9. The molecule has 3 aromatic rings. The molecule has 2 heterocycles. The average Bonchev–Trinajstić information content (AvgIpc) is 3.13. The summed E-state index contributed by atoms with van der Waals surface area (Å²) in [5.41, 5.74) is 3.53. The van der Waals surface area contributed by atoms with Gasteiger partial charge in [0, 0.05) is 5.38 Å². The van der Waals surface area contributed by atoms with Gasteiger partial charge in [-0.1, -0.05) is 30.1 Å². The van der Waals surface area contributed by atoms with Gasteiger partial charge in [-0.15, -0.1) is 11.3 Å². The molecule has 0 fully saturated rings. The Labute approximate surface area is 186 Å². The molecule has 0 radical (unpaired) electrons. The van der Waals surface area contributed by atoms with E-state index in [2.05, 4.69) is 25.5 Å². The fraction of sp³-hybridized carbons (Fsp3) is 0.235. The minimum Gasteiger partial charge on any atom is -0.319 e. The Morgan fingerprint density at radius 2 is 2.03 bits per heavy atom. The number of amides is 1. The van der Waals surface area contributed by atoms with E-state index in [1.165, 1.54) is 36.9 Å². The van der Waals surface area contributed by atoms with Gasteiger partial charge in [0.2, 0.25) is 10.0 Å². The van der Waals surface area contributed by atoms with Crippen LogP contribution in [-0.4, -0.2) is 37.2 Å². The molecule has 160 valence electrons. The lowest BCUT2D eigenvalue weighted by molar-refractivity contribution is 0.102. The zero-order valence-corrected chi connectivity index (χ0v) is 19.0. The van der Waals surface area contributed by atoms with E-state index in [0.717, 1.165) is 0 Å². The van der Waals surface area contributed by atoms with Gasteiger partial charge < -0.3 is 5.32 Å². The molecule has 3 rings (SSSR count). The number of benzene rings is 1. The van der Waals surface area contributed by atoms with Crippen molar-refractivity contribution in [1.82, 2.24) is 9.97 Å². The van der Waals surface area contributed by atoms with Crippen molar-refractivity contribution in [2.75, 3.05) is 28.4 Å². The number of anilines is 3. The SMILES string of the molecule is CCCS(=O)(=O)Nc1ccc(Cl)c(NC(=O)c2csc3c(NOC)ncnc23)c1Cl. The van der Waals surface area contributed by atoms with E-state index in [0.29, 0.717) is 22.5 Å². The third kappa shape index (κ3) is 4.76. The zero-order chi connectivity index (χ0) is 21.9. The van der Waals surface area contributed by atoms with Crippen molar-refractivity contribution >= 4 is 77.9 Å². The number of nitrogens with one attached hydrogen (secondary N) is 3. The number of rotatable bonds is 8. The third-order valence-electron chi connectivity index (χ3n) is 3.86. The van der Waals surface area contributed by atoms with Crippen LogP contribution in [0.3, 0.4) is 0 Å². The lowest BCUT2D eigenvalue weighted by atomic mass is 10.2. The number of aromatic nitrogens is 2. The highest BCUT2D eigenvalue weighted by Gasteiger charge is 2.21. The first kappa shape index (κ1) is 22.5. The second-order valence-corrected chi connectivity index (χ2v) is 9.52. The maximum atomic E-state index is 12.9. The van der Waals surface area contributed by atoms with E-state index in [-0.39, 0.29) is 32.7 Å². The quantitative estimate of drug-likeness (QED) is 0.401. The molecule has 1 amide bonds. The molecule has 9 nitrogen and oxygen atoms in total. The predicted octanol–water partition coefficient (Wildman–Crippen LogP) is 4.38. The van der Waals surface area contributed by atoms with Crippen LogP contribution < -0.4 is 15.5 Å². The number of nitrogens with zero attached hydrogens (tertiary/aromatic N) is 2.